The molecule has 3 atom stereocenters. The van der Waals surface area contributed by atoms with E-state index in [4.69, 9.17) is 0 Å². The molecule has 0 radical (unpaired) electrons. The number of hydrogen-bond donors (Lipinski definition) is 8. The zero-order valence-electron chi connectivity index (χ0n) is 65.9. The number of rotatable bonds is 32. The van der Waals surface area contributed by atoms with Crippen LogP contribution in [-0.4, -0.2) is 135 Å². The minimum absolute atomic E-state index is 0.0191. The average Bonchev–Trinajstić information content (AvgIpc) is 1.45. The first-order chi connectivity index (χ1) is 43.4. The molecule has 1 aromatic carbocycles. The minimum Gasteiger partial charge on any atom is -0.385 e. The van der Waals surface area contributed by atoms with E-state index in [1.54, 1.807) is 4.90 Å². The van der Waals surface area contributed by atoms with Crippen molar-refractivity contribution in [2.75, 3.05) is 47.8 Å². The second-order valence-electron chi connectivity index (χ2n) is 38.6. The Morgan fingerprint density at radius 3 is 1.14 bits per heavy atom. The predicted octanol–water partition coefficient (Wildman–Crippen LogP) is 17.0. The first-order valence-corrected chi connectivity index (χ1v) is 39.2. The molecular formula is C81H153N11O2. The Morgan fingerprint density at radius 1 is 0.436 bits per heavy atom. The summed E-state index contributed by atoms with van der Waals surface area (Å²) in [5, 5.41) is 31.5. The van der Waals surface area contributed by atoms with Crippen molar-refractivity contribution in [2.24, 2.45) is 17.8 Å². The lowest BCUT2D eigenvalue weighted by molar-refractivity contribution is -0.144. The summed E-state index contributed by atoms with van der Waals surface area (Å²) in [6.07, 6.45) is 30.9. The average molecular weight is 1310 g/mol. The number of hydrogen-bond acceptors (Lipinski definition) is 12. The van der Waals surface area contributed by atoms with Gasteiger partial charge in [-0.15, -0.1) is 0 Å². The Labute approximate surface area is 580 Å². The number of carbonyl (C=O) groups is 2. The van der Waals surface area contributed by atoms with E-state index in [2.05, 4.69) is 230 Å². The number of carbonyl (C=O) groups excluding carboxylic acids is 2. The molecule has 13 heteroatoms. The van der Waals surface area contributed by atoms with Crippen LogP contribution in [0.1, 0.15) is 333 Å². The number of nitrogens with one attached hydrogen (secondary N) is 8. The second kappa shape index (κ2) is 33.3. The third-order valence-electron chi connectivity index (χ3n) is 22.2. The Hall–Kier alpha value is -2.52. The molecule has 7 rings (SSSR count). The van der Waals surface area contributed by atoms with Crippen molar-refractivity contribution in [3.05, 3.63) is 18.2 Å². The van der Waals surface area contributed by atoms with Crippen LogP contribution >= 0.6 is 0 Å². The molecule has 8 N–H and O–H groups in total. The Kier molecular flexibility index (Phi) is 28.5. The van der Waals surface area contributed by atoms with Crippen LogP contribution < -0.4 is 52.3 Å². The molecule has 0 bridgehead atoms. The van der Waals surface area contributed by atoms with Crippen LogP contribution in [0.25, 0.3) is 0 Å². The minimum atomic E-state index is -0.169. The van der Waals surface area contributed by atoms with E-state index in [1.807, 2.05) is 6.92 Å². The standard InChI is InChI=1S/C62H119N9.C19H34N2O2/c1-18-19-20-21-22-27-32-63-48-37-51(70(53-44-59(10,11)68-60(12,13)45-53)35-30-25-23-28-33-64-49-40-55(2,3)66-56(4,5)41-49)39-52(38-48)71(54-46-61(14,15)69-62(16,17)47-54)36-31-26-24-29-34-65-50-42-57(6,7)67-58(8,9)43-50;1-8-12(2)9-15-13(3)16(22)21(17(15)23)14-10-18(4,5)20-19(6,7)11-14/h37-39,49-50,53-54,63-69H,18-36,40-47H2,1-17H3;12-15,20H,8-11H2,1-7H3. The van der Waals surface area contributed by atoms with Crippen molar-refractivity contribution in [3.8, 4) is 0 Å². The van der Waals surface area contributed by atoms with Gasteiger partial charge in [-0.2, -0.15) is 0 Å². The normalized spacial score (nSPS) is 26.0. The highest BCUT2D eigenvalue weighted by atomic mass is 16.2. The maximum atomic E-state index is 13.0. The van der Waals surface area contributed by atoms with Crippen LogP contribution in [0.5, 0.6) is 0 Å². The van der Waals surface area contributed by atoms with Gasteiger partial charge < -0.3 is 52.3 Å². The highest BCUT2D eigenvalue weighted by molar-refractivity contribution is 6.05. The molecular weight excluding hydrogens is 1160 g/mol. The van der Waals surface area contributed by atoms with Gasteiger partial charge in [0.1, 0.15) is 0 Å². The van der Waals surface area contributed by atoms with Crippen molar-refractivity contribution >= 4 is 28.9 Å². The van der Waals surface area contributed by atoms with Gasteiger partial charge >= 0.3 is 0 Å². The quantitative estimate of drug-likeness (QED) is 0.0257. The summed E-state index contributed by atoms with van der Waals surface area (Å²) in [5.74, 6) is 0.305. The molecule has 6 aliphatic heterocycles. The molecule has 0 spiro atoms. The smallest absolute Gasteiger partial charge is 0.233 e. The summed E-state index contributed by atoms with van der Waals surface area (Å²) in [5.41, 5.74) is 5.03. The maximum Gasteiger partial charge on any atom is 0.233 e. The van der Waals surface area contributed by atoms with Crippen LogP contribution in [0.3, 0.4) is 0 Å². The highest BCUT2D eigenvalue weighted by Gasteiger charge is 2.52. The summed E-state index contributed by atoms with van der Waals surface area (Å²) in [6.45, 7) is 61.2. The van der Waals surface area contributed by atoms with Crippen molar-refractivity contribution in [2.45, 2.75) is 419 Å². The zero-order valence-corrected chi connectivity index (χ0v) is 65.9. The van der Waals surface area contributed by atoms with Gasteiger partial charge in [-0.25, -0.2) is 0 Å². The molecule has 6 heterocycles. The summed E-state index contributed by atoms with van der Waals surface area (Å²) >= 11 is 0. The van der Waals surface area contributed by atoms with Crippen molar-refractivity contribution in [3.63, 3.8) is 0 Å². The van der Waals surface area contributed by atoms with Gasteiger partial charge in [-0.05, 0) is 278 Å². The van der Waals surface area contributed by atoms with Gasteiger partial charge in [0.15, 0.2) is 0 Å². The van der Waals surface area contributed by atoms with Crippen molar-refractivity contribution < 1.29 is 9.59 Å². The molecule has 94 heavy (non-hydrogen) atoms. The van der Waals surface area contributed by atoms with Crippen LogP contribution in [0.4, 0.5) is 17.1 Å². The van der Waals surface area contributed by atoms with Crippen LogP contribution in [0.15, 0.2) is 18.2 Å². The maximum absolute atomic E-state index is 13.0. The number of unbranched alkanes of at least 4 members (excludes halogenated alkanes) is 11. The largest absolute Gasteiger partial charge is 0.385 e. The van der Waals surface area contributed by atoms with Crippen molar-refractivity contribution in [1.29, 1.82) is 0 Å². The SMILES string of the molecule is CCC(C)CC1C(=O)N(C2CC(C)(C)NC(C)(C)C2)C(=O)C1C.CCCCCCCCNc1cc(N(CCCCCCNC2CC(C)(C)NC(C)(C)C2)C2CC(C)(C)NC(C)(C)C2)cc(N(CCCCCCNC2CC(C)(C)NC(C)(C)C2)C2CC(C)(C)NC(C)(C)C2)c1. The first-order valence-electron chi connectivity index (χ1n) is 39.2. The number of likely N-dealkylation sites (tertiary alicyclic amines) is 1. The van der Waals surface area contributed by atoms with Gasteiger partial charge in [0.2, 0.25) is 11.8 Å². The number of amides is 2. The lowest BCUT2D eigenvalue weighted by Crippen LogP contribution is -2.63. The molecule has 6 saturated heterocycles. The summed E-state index contributed by atoms with van der Waals surface area (Å²) in [4.78, 5) is 33.2. The molecule has 0 aromatic heterocycles. The fourth-order valence-corrected chi connectivity index (χ4v) is 19.9. The fourth-order valence-electron chi connectivity index (χ4n) is 19.9. The van der Waals surface area contributed by atoms with Crippen molar-refractivity contribution in [1.82, 2.24) is 42.1 Å². The second-order valence-corrected chi connectivity index (χ2v) is 38.6. The van der Waals surface area contributed by atoms with E-state index in [-0.39, 0.29) is 85.1 Å². The zero-order chi connectivity index (χ0) is 69.9. The molecule has 0 aliphatic carbocycles. The van der Waals surface area contributed by atoms with E-state index in [1.165, 1.54) is 133 Å². The van der Waals surface area contributed by atoms with Gasteiger partial charge in [0, 0.05) is 128 Å². The number of nitrogens with zero attached hydrogens (tertiary/aromatic N) is 3. The molecule has 13 nitrogen and oxygen atoms in total. The summed E-state index contributed by atoms with van der Waals surface area (Å²) in [6, 6.07) is 9.90. The molecule has 2 amide bonds. The molecule has 3 unspecified atom stereocenters. The highest BCUT2D eigenvalue weighted by Crippen LogP contribution is 2.42. The monoisotopic (exact) mass is 1310 g/mol. The Bertz CT molecular complexity index is 2300. The van der Waals surface area contributed by atoms with E-state index in [0.29, 0.717) is 30.1 Å². The molecule has 0 saturated carbocycles. The Balaban J connectivity index is 0.000000509. The topological polar surface area (TPSA) is 140 Å². The van der Waals surface area contributed by atoms with Gasteiger partial charge in [-0.3, -0.25) is 14.5 Å². The van der Waals surface area contributed by atoms with E-state index in [0.717, 1.165) is 84.1 Å². The van der Waals surface area contributed by atoms with Gasteiger partial charge in [0.05, 0.1) is 5.92 Å². The third-order valence-corrected chi connectivity index (χ3v) is 22.2. The molecule has 544 valence electrons. The number of imide groups is 1. The number of benzene rings is 1. The molecule has 6 fully saturated rings. The van der Waals surface area contributed by atoms with E-state index < -0.39 is 0 Å². The number of piperidine rings is 5. The third kappa shape index (κ3) is 25.9. The number of anilines is 3. The summed E-state index contributed by atoms with van der Waals surface area (Å²) < 4.78 is 0. The first kappa shape index (κ1) is 80.5. The predicted molar refractivity (Wildman–Crippen MR) is 406 cm³/mol. The molecule has 6 aliphatic rings. The molecule has 1 aromatic rings. The lowest BCUT2D eigenvalue weighted by Gasteiger charge is -2.51. The van der Waals surface area contributed by atoms with E-state index >= 15 is 0 Å². The van der Waals surface area contributed by atoms with Crippen LogP contribution in [0, 0.1) is 17.8 Å². The van der Waals surface area contributed by atoms with Gasteiger partial charge in [-0.1, -0.05) is 91.9 Å². The van der Waals surface area contributed by atoms with Crippen LogP contribution in [0.2, 0.25) is 0 Å². The lowest BCUT2D eigenvalue weighted by atomic mass is 9.78. The van der Waals surface area contributed by atoms with Gasteiger partial charge in [0.25, 0.3) is 0 Å². The van der Waals surface area contributed by atoms with Crippen LogP contribution in [-0.2, 0) is 9.59 Å². The Morgan fingerprint density at radius 2 is 0.766 bits per heavy atom. The summed E-state index contributed by atoms with van der Waals surface area (Å²) in [7, 11) is 0. The van der Waals surface area contributed by atoms with E-state index in [9.17, 15) is 9.59 Å². The fraction of sp³-hybridized carbons (Fsp3) is 0.901.